The molecule has 0 spiro atoms. The molecule has 2 aromatic carbocycles. The lowest BCUT2D eigenvalue weighted by Gasteiger charge is -2.47. The molecule has 1 aliphatic carbocycles. The van der Waals surface area contributed by atoms with Gasteiger partial charge in [0.1, 0.15) is 12.4 Å². The number of carbonyl (C=O) groups is 1. The number of rotatable bonds is 11. The first kappa shape index (κ1) is 30.7. The lowest BCUT2D eigenvalue weighted by molar-refractivity contribution is -0.0800. The van der Waals surface area contributed by atoms with Gasteiger partial charge in [0.05, 0.1) is 23.9 Å². The summed E-state index contributed by atoms with van der Waals surface area (Å²) in [6.07, 6.45) is 2.86. The Morgan fingerprint density at radius 3 is 2.24 bits per heavy atom. The number of ether oxygens (including phenoxy) is 2. The molecule has 6 nitrogen and oxygen atoms in total. The molecule has 0 N–H and O–H groups in total. The first-order valence-corrected chi connectivity index (χ1v) is 15.0. The summed E-state index contributed by atoms with van der Waals surface area (Å²) >= 11 is 0. The summed E-state index contributed by atoms with van der Waals surface area (Å²) in [4.78, 5) is 25.8. The van der Waals surface area contributed by atoms with E-state index in [1.54, 1.807) is 0 Å². The van der Waals surface area contributed by atoms with Gasteiger partial charge in [-0.1, -0.05) is 49.7 Å². The van der Waals surface area contributed by atoms with Crippen LogP contribution in [0.25, 0.3) is 11.3 Å². The van der Waals surface area contributed by atoms with Crippen LogP contribution in [0.3, 0.4) is 0 Å². The Labute approximate surface area is 248 Å². The van der Waals surface area contributed by atoms with Gasteiger partial charge >= 0.3 is 0 Å². The van der Waals surface area contributed by atoms with Crippen LogP contribution in [0.2, 0.25) is 0 Å². The largest absolute Gasteiger partial charge is 0.475 e. The molecule has 1 saturated carbocycles. The standard InChI is InChI=1S/C35H47N3O3.H2/c1-21(2)16-30(20-40-34-26(8)33(36-27(9)37-34)32-24(6)13-11-14-25(32)7)38(29-18-31(19-29)41-22(3)4)35(39)28-15-10-12-23(5)17-28;/h10-15,17,21-22,29-31H,16,18-20H2,1-9H3;1H/t29?,30-,31?;/m1./s1. The maximum atomic E-state index is 14.1. The molecule has 0 unspecified atom stereocenters. The van der Waals surface area contributed by atoms with Crippen LogP contribution in [0.5, 0.6) is 5.88 Å². The Bertz CT molecular complexity index is 1350. The number of hydrogen-bond acceptors (Lipinski definition) is 5. The van der Waals surface area contributed by atoms with Crippen LogP contribution in [0.1, 0.15) is 86.8 Å². The highest BCUT2D eigenvalue weighted by molar-refractivity contribution is 5.95. The summed E-state index contributed by atoms with van der Waals surface area (Å²) in [5.74, 6) is 1.70. The highest BCUT2D eigenvalue weighted by Gasteiger charge is 2.41. The van der Waals surface area contributed by atoms with E-state index in [4.69, 9.17) is 19.4 Å². The third-order valence-corrected chi connectivity index (χ3v) is 7.91. The summed E-state index contributed by atoms with van der Waals surface area (Å²) in [6.45, 7) is 19.1. The molecule has 0 bridgehead atoms. The van der Waals surface area contributed by atoms with Gasteiger partial charge in [0.15, 0.2) is 0 Å². The average Bonchev–Trinajstić information content (AvgIpc) is 2.87. The van der Waals surface area contributed by atoms with Gasteiger partial charge in [0, 0.05) is 24.2 Å². The van der Waals surface area contributed by atoms with Gasteiger partial charge in [-0.15, -0.1) is 0 Å². The lowest BCUT2D eigenvalue weighted by Crippen LogP contribution is -2.56. The van der Waals surface area contributed by atoms with Crippen molar-refractivity contribution in [3.8, 4) is 17.1 Å². The van der Waals surface area contributed by atoms with Crippen molar-refractivity contribution in [1.29, 1.82) is 0 Å². The highest BCUT2D eigenvalue weighted by atomic mass is 16.5. The molecule has 3 aromatic rings. The Morgan fingerprint density at radius 2 is 1.63 bits per heavy atom. The lowest BCUT2D eigenvalue weighted by atomic mass is 9.85. The Hall–Kier alpha value is -3.25. The van der Waals surface area contributed by atoms with Crippen molar-refractivity contribution in [1.82, 2.24) is 14.9 Å². The Morgan fingerprint density at radius 1 is 0.976 bits per heavy atom. The third-order valence-electron chi connectivity index (χ3n) is 7.91. The number of carbonyl (C=O) groups excluding carboxylic acids is 1. The number of benzene rings is 2. The smallest absolute Gasteiger partial charge is 0.254 e. The summed E-state index contributed by atoms with van der Waals surface area (Å²) < 4.78 is 12.6. The molecule has 0 saturated heterocycles. The number of amides is 1. The van der Waals surface area contributed by atoms with E-state index in [0.717, 1.165) is 47.2 Å². The van der Waals surface area contributed by atoms with Crippen LogP contribution in [0.4, 0.5) is 0 Å². The van der Waals surface area contributed by atoms with Crippen LogP contribution in [-0.2, 0) is 4.74 Å². The zero-order chi connectivity index (χ0) is 29.8. The first-order chi connectivity index (χ1) is 19.4. The fourth-order valence-corrected chi connectivity index (χ4v) is 5.97. The zero-order valence-electron chi connectivity index (χ0n) is 26.3. The van der Waals surface area contributed by atoms with E-state index in [1.165, 1.54) is 11.1 Å². The average molecular weight is 560 g/mol. The predicted octanol–water partition coefficient (Wildman–Crippen LogP) is 7.82. The third kappa shape index (κ3) is 7.34. The molecule has 41 heavy (non-hydrogen) atoms. The van der Waals surface area contributed by atoms with Gasteiger partial charge < -0.3 is 14.4 Å². The molecule has 222 valence electrons. The van der Waals surface area contributed by atoms with Gasteiger partial charge in [0.2, 0.25) is 5.88 Å². The monoisotopic (exact) mass is 559 g/mol. The van der Waals surface area contributed by atoms with E-state index in [0.29, 0.717) is 24.2 Å². The van der Waals surface area contributed by atoms with E-state index < -0.39 is 0 Å². The molecule has 1 aliphatic rings. The minimum Gasteiger partial charge on any atom is -0.475 e. The van der Waals surface area contributed by atoms with Crippen molar-refractivity contribution in [3.63, 3.8) is 0 Å². The molecule has 1 fully saturated rings. The van der Waals surface area contributed by atoms with Crippen molar-refractivity contribution < 1.29 is 15.7 Å². The first-order valence-electron chi connectivity index (χ1n) is 15.0. The number of aryl methyl sites for hydroxylation is 4. The molecule has 0 radical (unpaired) electrons. The van der Waals surface area contributed by atoms with E-state index in [1.807, 2.05) is 45.0 Å². The molecule has 4 rings (SSSR count). The molecular formula is C35H49N3O3. The molecule has 6 heteroatoms. The SMILES string of the molecule is Cc1cccc(C(=O)N(C2CC(OC(C)C)C2)[C@@H](COc2nc(C)nc(-c3c(C)cccc3C)c2C)CC(C)C)c1.[HH]. The summed E-state index contributed by atoms with van der Waals surface area (Å²) in [5.41, 5.74) is 7.10. The highest BCUT2D eigenvalue weighted by Crippen LogP contribution is 2.35. The normalized spacial score (nSPS) is 17.4. The summed E-state index contributed by atoms with van der Waals surface area (Å²) in [5, 5.41) is 0. The maximum Gasteiger partial charge on any atom is 0.254 e. The fourth-order valence-electron chi connectivity index (χ4n) is 5.97. The van der Waals surface area contributed by atoms with Crippen molar-refractivity contribution >= 4 is 5.91 Å². The van der Waals surface area contributed by atoms with E-state index in [9.17, 15) is 4.79 Å². The molecular weight excluding hydrogens is 510 g/mol. The van der Waals surface area contributed by atoms with Gasteiger partial charge in [-0.2, -0.15) is 4.98 Å². The van der Waals surface area contributed by atoms with Crippen LogP contribution in [0.15, 0.2) is 42.5 Å². The second kappa shape index (κ2) is 13.2. The molecule has 1 heterocycles. The minimum atomic E-state index is -0.105. The molecule has 1 atom stereocenters. The number of aromatic nitrogens is 2. The van der Waals surface area contributed by atoms with Crippen LogP contribution >= 0.6 is 0 Å². The van der Waals surface area contributed by atoms with Gasteiger partial charge in [-0.3, -0.25) is 4.79 Å². The van der Waals surface area contributed by atoms with E-state index in [2.05, 4.69) is 64.6 Å². The van der Waals surface area contributed by atoms with Crippen molar-refractivity contribution in [2.75, 3.05) is 6.61 Å². The van der Waals surface area contributed by atoms with Crippen molar-refractivity contribution in [3.05, 3.63) is 76.1 Å². The van der Waals surface area contributed by atoms with E-state index >= 15 is 0 Å². The minimum absolute atomic E-state index is 0. The molecule has 1 amide bonds. The van der Waals surface area contributed by atoms with Crippen molar-refractivity contribution in [2.45, 2.75) is 106 Å². The second-order valence-electron chi connectivity index (χ2n) is 12.4. The Balaban J connectivity index is 0.00000484. The quantitative estimate of drug-likeness (QED) is 0.240. The van der Waals surface area contributed by atoms with Crippen LogP contribution in [-0.4, -0.2) is 51.7 Å². The zero-order valence-corrected chi connectivity index (χ0v) is 26.3. The predicted molar refractivity (Wildman–Crippen MR) is 168 cm³/mol. The topological polar surface area (TPSA) is 64.6 Å². The van der Waals surface area contributed by atoms with Gasteiger partial charge in [-0.05, 0) is 96.9 Å². The van der Waals surface area contributed by atoms with E-state index in [-0.39, 0.29) is 31.6 Å². The summed E-state index contributed by atoms with van der Waals surface area (Å²) in [7, 11) is 0. The van der Waals surface area contributed by atoms with Crippen molar-refractivity contribution in [2.24, 2.45) is 5.92 Å². The Kier molecular flexibility index (Phi) is 9.85. The number of nitrogens with zero attached hydrogens (tertiary/aromatic N) is 3. The van der Waals surface area contributed by atoms with Gasteiger partial charge in [-0.25, -0.2) is 4.98 Å². The molecule has 1 aromatic heterocycles. The van der Waals surface area contributed by atoms with Crippen LogP contribution < -0.4 is 4.74 Å². The maximum absolute atomic E-state index is 14.1. The van der Waals surface area contributed by atoms with Gasteiger partial charge in [0.25, 0.3) is 5.91 Å². The number of hydrogen-bond donors (Lipinski definition) is 0. The fraction of sp³-hybridized carbons (Fsp3) is 0.514. The molecule has 0 aliphatic heterocycles. The van der Waals surface area contributed by atoms with Crippen LogP contribution in [0, 0.1) is 40.5 Å². The summed E-state index contributed by atoms with van der Waals surface area (Å²) in [6, 6.07) is 14.2. The second-order valence-corrected chi connectivity index (χ2v) is 12.4.